The smallest absolute Gasteiger partial charge is 0.246 e. The van der Waals surface area contributed by atoms with E-state index in [0.29, 0.717) is 5.95 Å². The lowest BCUT2D eigenvalue weighted by atomic mass is 10.1. The van der Waals surface area contributed by atoms with E-state index in [1.165, 1.54) is 17.6 Å². The number of aryl methyl sites for hydroxylation is 1. The van der Waals surface area contributed by atoms with Crippen molar-refractivity contribution in [1.29, 1.82) is 0 Å². The van der Waals surface area contributed by atoms with Crippen molar-refractivity contribution in [2.24, 2.45) is 0 Å². The summed E-state index contributed by atoms with van der Waals surface area (Å²) < 4.78 is 1.65. The Labute approximate surface area is 152 Å². The first kappa shape index (κ1) is 16.5. The van der Waals surface area contributed by atoms with Crippen molar-refractivity contribution in [2.75, 3.05) is 43.4 Å². The fraction of sp³-hybridized carbons (Fsp3) is 0.333. The Morgan fingerprint density at radius 3 is 2.50 bits per heavy atom. The molecule has 2 aromatic heterocycles. The minimum atomic E-state index is 0.545. The van der Waals surface area contributed by atoms with Gasteiger partial charge >= 0.3 is 0 Å². The van der Waals surface area contributed by atoms with E-state index in [0.717, 1.165) is 37.6 Å². The van der Waals surface area contributed by atoms with Gasteiger partial charge in [-0.15, -0.1) is 5.10 Å². The van der Waals surface area contributed by atoms with Gasteiger partial charge < -0.3 is 15.1 Å². The molecule has 1 saturated heterocycles. The van der Waals surface area contributed by atoms with E-state index in [2.05, 4.69) is 67.3 Å². The van der Waals surface area contributed by atoms with Crippen molar-refractivity contribution >= 4 is 17.3 Å². The van der Waals surface area contributed by atoms with Crippen LogP contribution >= 0.6 is 0 Å². The number of hydrogen-bond acceptors (Lipinski definition) is 7. The van der Waals surface area contributed by atoms with E-state index in [4.69, 9.17) is 0 Å². The predicted molar refractivity (Wildman–Crippen MR) is 101 cm³/mol. The molecule has 1 aliphatic heterocycles. The molecule has 0 atom stereocenters. The molecule has 0 bridgehead atoms. The molecule has 0 amide bonds. The van der Waals surface area contributed by atoms with Gasteiger partial charge in [-0.25, -0.2) is 14.6 Å². The standard InChI is InChI=1S/C18H22N8/c1-14-7-15(9-16(8-14)25-5-3-24(2)4-6-25)22-18-21-13-26(23-18)17-10-19-12-20-11-17/h7-13H,3-6H2,1-2H3,(H,22,23). The molecule has 8 nitrogen and oxygen atoms in total. The highest BCUT2D eigenvalue weighted by Gasteiger charge is 2.15. The van der Waals surface area contributed by atoms with Gasteiger partial charge in [-0.1, -0.05) is 0 Å². The molecule has 8 heteroatoms. The zero-order chi connectivity index (χ0) is 17.9. The molecule has 1 aliphatic rings. The molecule has 1 fully saturated rings. The fourth-order valence-electron chi connectivity index (χ4n) is 3.07. The van der Waals surface area contributed by atoms with Crippen molar-refractivity contribution in [3.8, 4) is 5.69 Å². The number of nitrogens with zero attached hydrogens (tertiary/aromatic N) is 7. The molecule has 0 saturated carbocycles. The van der Waals surface area contributed by atoms with Crippen LogP contribution in [0.3, 0.4) is 0 Å². The van der Waals surface area contributed by atoms with Gasteiger partial charge in [-0.05, 0) is 37.7 Å². The Morgan fingerprint density at radius 2 is 1.73 bits per heavy atom. The number of aromatic nitrogens is 5. The number of nitrogens with one attached hydrogen (secondary N) is 1. The van der Waals surface area contributed by atoms with Gasteiger partial charge in [-0.2, -0.15) is 4.98 Å². The van der Waals surface area contributed by atoms with E-state index in [1.54, 1.807) is 23.4 Å². The minimum absolute atomic E-state index is 0.545. The summed E-state index contributed by atoms with van der Waals surface area (Å²) in [5.74, 6) is 0.545. The first-order valence-corrected chi connectivity index (χ1v) is 8.67. The van der Waals surface area contributed by atoms with Crippen LogP contribution in [0.1, 0.15) is 5.56 Å². The lowest BCUT2D eigenvalue weighted by molar-refractivity contribution is 0.313. The monoisotopic (exact) mass is 350 g/mol. The Bertz CT molecular complexity index is 868. The van der Waals surface area contributed by atoms with Gasteiger partial charge in [0.25, 0.3) is 0 Å². The Kier molecular flexibility index (Phi) is 4.49. The van der Waals surface area contributed by atoms with Gasteiger partial charge in [0, 0.05) is 37.6 Å². The van der Waals surface area contributed by atoms with Crippen molar-refractivity contribution in [3.05, 3.63) is 48.8 Å². The third-order valence-electron chi connectivity index (χ3n) is 4.49. The molecule has 134 valence electrons. The second-order valence-corrected chi connectivity index (χ2v) is 6.58. The van der Waals surface area contributed by atoms with Crippen LogP contribution in [0.4, 0.5) is 17.3 Å². The first-order valence-electron chi connectivity index (χ1n) is 8.67. The van der Waals surface area contributed by atoms with Crippen molar-refractivity contribution in [3.63, 3.8) is 0 Å². The normalized spacial score (nSPS) is 15.2. The average molecular weight is 350 g/mol. The first-order chi connectivity index (χ1) is 12.7. The number of rotatable bonds is 4. The zero-order valence-corrected chi connectivity index (χ0v) is 15.0. The number of benzene rings is 1. The maximum Gasteiger partial charge on any atom is 0.246 e. The van der Waals surface area contributed by atoms with Crippen LogP contribution in [0.5, 0.6) is 0 Å². The maximum atomic E-state index is 4.45. The molecule has 4 rings (SSSR count). The summed E-state index contributed by atoms with van der Waals surface area (Å²) >= 11 is 0. The molecule has 0 aliphatic carbocycles. The maximum absolute atomic E-state index is 4.45. The van der Waals surface area contributed by atoms with Crippen LogP contribution < -0.4 is 10.2 Å². The van der Waals surface area contributed by atoms with Crippen LogP contribution in [-0.2, 0) is 0 Å². The van der Waals surface area contributed by atoms with Crippen LogP contribution in [0.25, 0.3) is 5.69 Å². The quantitative estimate of drug-likeness (QED) is 0.770. The van der Waals surface area contributed by atoms with Crippen molar-refractivity contribution < 1.29 is 0 Å². The van der Waals surface area contributed by atoms with E-state index in [1.807, 2.05) is 0 Å². The van der Waals surface area contributed by atoms with Crippen LogP contribution in [-0.4, -0.2) is 62.9 Å². The minimum Gasteiger partial charge on any atom is -0.369 e. The SMILES string of the molecule is Cc1cc(Nc2ncn(-c3cncnc3)n2)cc(N2CCN(C)CC2)c1. The topological polar surface area (TPSA) is 75.0 Å². The highest BCUT2D eigenvalue weighted by Crippen LogP contribution is 2.25. The molecule has 3 aromatic rings. The third kappa shape index (κ3) is 3.65. The lowest BCUT2D eigenvalue weighted by Crippen LogP contribution is -2.44. The van der Waals surface area contributed by atoms with E-state index in [9.17, 15) is 0 Å². The summed E-state index contributed by atoms with van der Waals surface area (Å²) in [5, 5.41) is 7.75. The van der Waals surface area contributed by atoms with E-state index in [-0.39, 0.29) is 0 Å². The van der Waals surface area contributed by atoms with Gasteiger partial charge in [0.2, 0.25) is 5.95 Å². The van der Waals surface area contributed by atoms with E-state index >= 15 is 0 Å². The zero-order valence-electron chi connectivity index (χ0n) is 15.0. The molecule has 1 aromatic carbocycles. The van der Waals surface area contributed by atoms with Crippen LogP contribution in [0, 0.1) is 6.92 Å². The molecule has 26 heavy (non-hydrogen) atoms. The van der Waals surface area contributed by atoms with Crippen LogP contribution in [0.2, 0.25) is 0 Å². The van der Waals surface area contributed by atoms with Crippen molar-refractivity contribution in [1.82, 2.24) is 29.6 Å². The number of likely N-dealkylation sites (N-methyl/N-ethyl adjacent to an activating group) is 1. The number of piperazine rings is 1. The van der Waals surface area contributed by atoms with Gasteiger partial charge in [0.1, 0.15) is 18.3 Å². The molecular formula is C18H22N8. The van der Waals surface area contributed by atoms with Gasteiger partial charge in [-0.3, -0.25) is 0 Å². The summed E-state index contributed by atoms with van der Waals surface area (Å²) in [6, 6.07) is 6.49. The molecule has 3 heterocycles. The number of anilines is 3. The Balaban J connectivity index is 1.52. The summed E-state index contributed by atoms with van der Waals surface area (Å²) in [6.45, 7) is 6.36. The molecule has 1 N–H and O–H groups in total. The van der Waals surface area contributed by atoms with Crippen molar-refractivity contribution in [2.45, 2.75) is 6.92 Å². The van der Waals surface area contributed by atoms with Gasteiger partial charge in [0.15, 0.2) is 0 Å². The second kappa shape index (κ2) is 7.09. The molecule has 0 unspecified atom stereocenters. The van der Waals surface area contributed by atoms with Crippen LogP contribution in [0.15, 0.2) is 43.2 Å². The second-order valence-electron chi connectivity index (χ2n) is 6.58. The predicted octanol–water partition coefficient (Wildman–Crippen LogP) is 1.86. The molecule has 0 radical (unpaired) electrons. The summed E-state index contributed by atoms with van der Waals surface area (Å²) in [4.78, 5) is 17.1. The summed E-state index contributed by atoms with van der Waals surface area (Å²) in [7, 11) is 2.17. The number of hydrogen-bond donors (Lipinski definition) is 1. The third-order valence-corrected chi connectivity index (χ3v) is 4.49. The molecule has 0 spiro atoms. The van der Waals surface area contributed by atoms with E-state index < -0.39 is 0 Å². The highest BCUT2D eigenvalue weighted by molar-refractivity contribution is 5.64. The summed E-state index contributed by atoms with van der Waals surface area (Å²) in [6.07, 6.45) is 6.54. The fourth-order valence-corrected chi connectivity index (χ4v) is 3.07. The van der Waals surface area contributed by atoms with Gasteiger partial charge in [0.05, 0.1) is 12.4 Å². The highest BCUT2D eigenvalue weighted by atomic mass is 15.4. The Morgan fingerprint density at radius 1 is 0.962 bits per heavy atom. The Hall–Kier alpha value is -3.00. The largest absolute Gasteiger partial charge is 0.369 e. The molecular weight excluding hydrogens is 328 g/mol. The average Bonchev–Trinajstić information content (AvgIpc) is 3.11. The summed E-state index contributed by atoms with van der Waals surface area (Å²) in [5.41, 5.74) is 4.20. The lowest BCUT2D eigenvalue weighted by Gasteiger charge is -2.34.